The first-order valence-corrected chi connectivity index (χ1v) is 5.97. The number of hydrogen-bond donors (Lipinski definition) is 2. The maximum absolute atomic E-state index is 13.1. The summed E-state index contributed by atoms with van der Waals surface area (Å²) in [4.78, 5) is 17.8. The largest absolute Gasteiger partial charge is 0.477 e. The first kappa shape index (κ1) is 11.7. The van der Waals surface area contributed by atoms with Crippen molar-refractivity contribution in [1.82, 2.24) is 9.97 Å². The minimum atomic E-state index is -1.11. The SMILES string of the molecule is CSc1nc(-c2cccc(F)c2)c(C(=O)O)[nH]1. The molecule has 2 rings (SSSR count). The van der Waals surface area contributed by atoms with Crippen LogP contribution in [0.5, 0.6) is 0 Å². The number of nitrogens with one attached hydrogen (secondary N) is 1. The molecule has 0 saturated heterocycles. The van der Waals surface area contributed by atoms with Gasteiger partial charge in [-0.3, -0.25) is 0 Å². The van der Waals surface area contributed by atoms with Gasteiger partial charge in [0.1, 0.15) is 11.5 Å². The Labute approximate surface area is 101 Å². The summed E-state index contributed by atoms with van der Waals surface area (Å²) in [6, 6.07) is 5.69. The van der Waals surface area contributed by atoms with Gasteiger partial charge >= 0.3 is 5.97 Å². The van der Waals surface area contributed by atoms with Crippen LogP contribution < -0.4 is 0 Å². The molecule has 0 aliphatic carbocycles. The summed E-state index contributed by atoms with van der Waals surface area (Å²) in [5, 5.41) is 9.52. The Morgan fingerprint density at radius 2 is 2.29 bits per heavy atom. The van der Waals surface area contributed by atoms with E-state index in [4.69, 9.17) is 5.11 Å². The summed E-state index contributed by atoms with van der Waals surface area (Å²) in [6.07, 6.45) is 1.78. The number of rotatable bonds is 3. The van der Waals surface area contributed by atoms with Crippen molar-refractivity contribution in [3.8, 4) is 11.3 Å². The fraction of sp³-hybridized carbons (Fsp3) is 0.0909. The van der Waals surface area contributed by atoms with Crippen LogP contribution in [-0.4, -0.2) is 27.3 Å². The van der Waals surface area contributed by atoms with Crippen molar-refractivity contribution in [1.29, 1.82) is 0 Å². The van der Waals surface area contributed by atoms with Gasteiger partial charge < -0.3 is 10.1 Å². The number of aromatic carboxylic acids is 1. The summed E-state index contributed by atoms with van der Waals surface area (Å²) in [5.41, 5.74) is 0.667. The first-order valence-electron chi connectivity index (χ1n) is 4.75. The van der Waals surface area contributed by atoms with E-state index in [0.717, 1.165) is 0 Å². The van der Waals surface area contributed by atoms with Gasteiger partial charge in [-0.15, -0.1) is 0 Å². The van der Waals surface area contributed by atoms with Crippen LogP contribution in [0.4, 0.5) is 4.39 Å². The van der Waals surface area contributed by atoms with E-state index in [-0.39, 0.29) is 11.4 Å². The van der Waals surface area contributed by atoms with Gasteiger partial charge in [0.2, 0.25) is 0 Å². The average Bonchev–Trinajstić information content (AvgIpc) is 2.73. The number of aromatic amines is 1. The number of H-pyrrole nitrogens is 1. The van der Waals surface area contributed by atoms with Gasteiger partial charge in [0.05, 0.1) is 0 Å². The number of carbonyl (C=O) groups is 1. The van der Waals surface area contributed by atoms with Crippen LogP contribution in [0, 0.1) is 5.82 Å². The molecular weight excluding hydrogens is 243 g/mol. The highest BCUT2D eigenvalue weighted by atomic mass is 32.2. The quantitative estimate of drug-likeness (QED) is 0.824. The number of thioether (sulfide) groups is 1. The van der Waals surface area contributed by atoms with Crippen LogP contribution >= 0.6 is 11.8 Å². The molecule has 0 bridgehead atoms. The highest BCUT2D eigenvalue weighted by molar-refractivity contribution is 7.98. The smallest absolute Gasteiger partial charge is 0.354 e. The molecule has 17 heavy (non-hydrogen) atoms. The van der Waals surface area contributed by atoms with E-state index >= 15 is 0 Å². The fourth-order valence-corrected chi connectivity index (χ4v) is 1.83. The van der Waals surface area contributed by atoms with Gasteiger partial charge in [0, 0.05) is 5.56 Å². The van der Waals surface area contributed by atoms with E-state index in [0.29, 0.717) is 10.7 Å². The fourth-order valence-electron chi connectivity index (χ4n) is 1.45. The van der Waals surface area contributed by atoms with Crippen LogP contribution in [-0.2, 0) is 0 Å². The van der Waals surface area contributed by atoms with Crippen LogP contribution in [0.2, 0.25) is 0 Å². The Morgan fingerprint density at radius 1 is 1.53 bits per heavy atom. The molecule has 1 aromatic heterocycles. The molecule has 88 valence electrons. The molecule has 0 unspecified atom stereocenters. The third-order valence-electron chi connectivity index (χ3n) is 2.19. The topological polar surface area (TPSA) is 66.0 Å². The van der Waals surface area contributed by atoms with Crippen molar-refractivity contribution in [2.24, 2.45) is 0 Å². The highest BCUT2D eigenvalue weighted by Crippen LogP contribution is 2.25. The van der Waals surface area contributed by atoms with Gasteiger partial charge in [0.15, 0.2) is 10.9 Å². The van der Waals surface area contributed by atoms with Crippen molar-refractivity contribution in [3.05, 3.63) is 35.8 Å². The van der Waals surface area contributed by atoms with Crippen molar-refractivity contribution in [2.75, 3.05) is 6.26 Å². The van der Waals surface area contributed by atoms with Gasteiger partial charge in [-0.05, 0) is 18.4 Å². The summed E-state index contributed by atoms with van der Waals surface area (Å²) in [7, 11) is 0. The molecule has 1 heterocycles. The Kier molecular flexibility index (Phi) is 3.14. The molecule has 0 saturated carbocycles. The Hall–Kier alpha value is -1.82. The van der Waals surface area contributed by atoms with E-state index in [1.807, 2.05) is 0 Å². The summed E-state index contributed by atoms with van der Waals surface area (Å²) >= 11 is 1.30. The molecule has 2 aromatic rings. The molecule has 0 aliphatic rings. The zero-order chi connectivity index (χ0) is 12.4. The molecule has 0 spiro atoms. The number of carboxylic acid groups (broad SMARTS) is 1. The molecular formula is C11H9FN2O2S. The molecule has 0 amide bonds. The Bertz CT molecular complexity index is 568. The molecule has 0 radical (unpaired) electrons. The van der Waals surface area contributed by atoms with Crippen LogP contribution in [0.3, 0.4) is 0 Å². The van der Waals surface area contributed by atoms with Crippen molar-refractivity contribution in [3.63, 3.8) is 0 Å². The standard InChI is InChI=1S/C11H9FN2O2S/c1-17-11-13-8(9(14-11)10(15)16)6-3-2-4-7(12)5-6/h2-5H,1H3,(H,13,14)(H,15,16). The number of halogens is 1. The first-order chi connectivity index (χ1) is 8.11. The lowest BCUT2D eigenvalue weighted by Gasteiger charge is -1.98. The molecule has 0 aliphatic heterocycles. The maximum Gasteiger partial charge on any atom is 0.354 e. The Morgan fingerprint density at radius 3 is 2.88 bits per heavy atom. The average molecular weight is 252 g/mol. The predicted octanol–water partition coefficient (Wildman–Crippen LogP) is 2.64. The van der Waals surface area contributed by atoms with Crippen molar-refractivity contribution >= 4 is 17.7 Å². The lowest BCUT2D eigenvalue weighted by Crippen LogP contribution is -1.99. The van der Waals surface area contributed by atoms with Crippen LogP contribution in [0.1, 0.15) is 10.5 Å². The second-order valence-corrected chi connectivity index (χ2v) is 4.08. The molecule has 0 fully saturated rings. The Balaban J connectivity index is 2.57. The normalized spacial score (nSPS) is 10.5. The van der Waals surface area contributed by atoms with Crippen molar-refractivity contribution < 1.29 is 14.3 Å². The van der Waals surface area contributed by atoms with E-state index < -0.39 is 11.8 Å². The van der Waals surface area contributed by atoms with Gasteiger partial charge in [-0.2, -0.15) is 0 Å². The molecule has 2 N–H and O–H groups in total. The number of benzene rings is 1. The van der Waals surface area contributed by atoms with Crippen LogP contribution in [0.15, 0.2) is 29.4 Å². The monoisotopic (exact) mass is 252 g/mol. The summed E-state index contributed by atoms with van der Waals surface area (Å²) < 4.78 is 13.1. The summed E-state index contributed by atoms with van der Waals surface area (Å²) in [6.45, 7) is 0. The zero-order valence-electron chi connectivity index (χ0n) is 8.90. The van der Waals surface area contributed by atoms with Crippen LogP contribution in [0.25, 0.3) is 11.3 Å². The van der Waals surface area contributed by atoms with E-state index in [1.54, 1.807) is 12.3 Å². The number of imidazole rings is 1. The molecule has 6 heteroatoms. The number of hydrogen-bond acceptors (Lipinski definition) is 3. The number of carboxylic acids is 1. The highest BCUT2D eigenvalue weighted by Gasteiger charge is 2.17. The third kappa shape index (κ3) is 2.31. The number of aromatic nitrogens is 2. The third-order valence-corrected chi connectivity index (χ3v) is 2.77. The van der Waals surface area contributed by atoms with E-state index in [2.05, 4.69) is 9.97 Å². The van der Waals surface area contributed by atoms with Gasteiger partial charge in [-0.1, -0.05) is 23.9 Å². The van der Waals surface area contributed by atoms with Gasteiger partial charge in [0.25, 0.3) is 0 Å². The van der Waals surface area contributed by atoms with E-state index in [1.165, 1.54) is 30.0 Å². The number of nitrogens with zero attached hydrogens (tertiary/aromatic N) is 1. The minimum Gasteiger partial charge on any atom is -0.477 e. The molecule has 0 atom stereocenters. The molecule has 4 nitrogen and oxygen atoms in total. The lowest BCUT2D eigenvalue weighted by molar-refractivity contribution is 0.0691. The van der Waals surface area contributed by atoms with Gasteiger partial charge in [-0.25, -0.2) is 14.2 Å². The zero-order valence-corrected chi connectivity index (χ0v) is 9.71. The predicted molar refractivity (Wildman–Crippen MR) is 62.7 cm³/mol. The second kappa shape index (κ2) is 4.58. The van der Waals surface area contributed by atoms with Crippen molar-refractivity contribution in [2.45, 2.75) is 5.16 Å². The lowest BCUT2D eigenvalue weighted by atomic mass is 10.1. The maximum atomic E-state index is 13.1. The van der Waals surface area contributed by atoms with E-state index in [9.17, 15) is 9.18 Å². The summed E-state index contributed by atoms with van der Waals surface area (Å²) in [5.74, 6) is -1.54. The second-order valence-electron chi connectivity index (χ2n) is 3.29. The minimum absolute atomic E-state index is 0.0278. The molecule has 1 aromatic carbocycles.